The summed E-state index contributed by atoms with van der Waals surface area (Å²) in [6.07, 6.45) is -0.689. The van der Waals surface area contributed by atoms with Gasteiger partial charge in [-0.25, -0.2) is 0 Å². The molecule has 17 heavy (non-hydrogen) atoms. The molecule has 1 rings (SSSR count). The molecule has 0 unspecified atom stereocenters. The molecule has 0 aliphatic heterocycles. The van der Waals surface area contributed by atoms with Gasteiger partial charge < -0.3 is 10.0 Å². The summed E-state index contributed by atoms with van der Waals surface area (Å²) in [6.45, 7) is 7.80. The van der Waals surface area contributed by atoms with Gasteiger partial charge in [0.2, 0.25) is 0 Å². The van der Waals surface area contributed by atoms with E-state index in [1.807, 2.05) is 6.92 Å². The number of nitro groups is 1. The van der Waals surface area contributed by atoms with Crippen molar-refractivity contribution >= 4 is 22.0 Å². The highest BCUT2D eigenvalue weighted by atomic mass is 32.1. The molecule has 1 heterocycles. The van der Waals surface area contributed by atoms with E-state index in [4.69, 9.17) is 0 Å². The van der Waals surface area contributed by atoms with Crippen molar-refractivity contribution in [2.75, 3.05) is 18.5 Å². The van der Waals surface area contributed by atoms with Gasteiger partial charge in [-0.2, -0.15) is 0 Å². The lowest BCUT2D eigenvalue weighted by Crippen LogP contribution is -2.18. The Hall–Kier alpha value is -1.40. The van der Waals surface area contributed by atoms with E-state index in [0.29, 0.717) is 16.4 Å². The molecule has 0 radical (unpaired) electrons. The Morgan fingerprint density at radius 3 is 2.76 bits per heavy atom. The maximum absolute atomic E-state index is 10.9. The molecule has 0 spiro atoms. The average Bonchev–Trinajstić information content (AvgIpc) is 2.60. The van der Waals surface area contributed by atoms with Crippen LogP contribution in [0.15, 0.2) is 18.2 Å². The Bertz CT molecular complexity index is 440. The van der Waals surface area contributed by atoms with Crippen LogP contribution >= 0.6 is 11.3 Å². The van der Waals surface area contributed by atoms with Crippen LogP contribution in [0.4, 0.5) is 10.7 Å². The lowest BCUT2D eigenvalue weighted by molar-refractivity contribution is -0.383. The highest BCUT2D eigenvalue weighted by Gasteiger charge is 2.23. The summed E-state index contributed by atoms with van der Waals surface area (Å²) in [5.41, 5.74) is 0.962. The van der Waals surface area contributed by atoms with Crippen LogP contribution in [0.1, 0.15) is 24.8 Å². The Morgan fingerprint density at radius 1 is 1.76 bits per heavy atom. The van der Waals surface area contributed by atoms with Crippen molar-refractivity contribution in [3.63, 3.8) is 0 Å². The molecule has 1 aromatic heterocycles. The second-order valence-electron chi connectivity index (χ2n) is 4.09. The molecule has 0 saturated carbocycles. The fourth-order valence-electron chi connectivity index (χ4n) is 1.48. The van der Waals surface area contributed by atoms with E-state index >= 15 is 0 Å². The Morgan fingerprint density at radius 2 is 2.35 bits per heavy atom. The van der Waals surface area contributed by atoms with Gasteiger partial charge in [0.1, 0.15) is 0 Å². The number of nitrogens with zero attached hydrogens (tertiary/aromatic N) is 2. The third-order valence-corrected chi connectivity index (χ3v) is 3.58. The van der Waals surface area contributed by atoms with E-state index in [-0.39, 0.29) is 5.69 Å². The van der Waals surface area contributed by atoms with E-state index in [1.165, 1.54) is 17.4 Å². The molecular formula is C11H16N2O3S. The maximum Gasteiger partial charge on any atom is 0.304 e. The number of likely N-dealkylation sites (N-methyl/N-ethyl adjacent to an activating group) is 1. The van der Waals surface area contributed by atoms with Crippen molar-refractivity contribution in [2.24, 2.45) is 0 Å². The largest absolute Gasteiger partial charge is 0.388 e. The molecule has 0 aliphatic rings. The molecule has 0 saturated heterocycles. The molecule has 0 bridgehead atoms. The van der Waals surface area contributed by atoms with Gasteiger partial charge in [0.15, 0.2) is 5.00 Å². The SMILES string of the molecule is C=C(C)CN(C)c1sc([C@@H](C)O)cc1[N+](=O)[O-]. The fraction of sp³-hybridized carbons (Fsp3) is 0.455. The molecule has 0 aromatic carbocycles. The van der Waals surface area contributed by atoms with Crippen LogP contribution in [-0.2, 0) is 0 Å². The number of rotatable bonds is 5. The molecular weight excluding hydrogens is 240 g/mol. The molecule has 5 nitrogen and oxygen atoms in total. The number of aliphatic hydroxyl groups is 1. The number of anilines is 1. The van der Waals surface area contributed by atoms with Crippen LogP contribution < -0.4 is 4.90 Å². The van der Waals surface area contributed by atoms with Gasteiger partial charge in [-0.3, -0.25) is 10.1 Å². The Labute approximate surface area is 104 Å². The monoisotopic (exact) mass is 256 g/mol. The van der Waals surface area contributed by atoms with E-state index in [1.54, 1.807) is 18.9 Å². The Kier molecular flexibility index (Phi) is 4.25. The minimum Gasteiger partial charge on any atom is -0.388 e. The predicted molar refractivity (Wildman–Crippen MR) is 69.7 cm³/mol. The molecule has 1 aromatic rings. The highest BCUT2D eigenvalue weighted by molar-refractivity contribution is 7.16. The van der Waals surface area contributed by atoms with E-state index in [2.05, 4.69) is 6.58 Å². The second-order valence-corrected chi connectivity index (χ2v) is 5.15. The molecule has 1 N–H and O–H groups in total. The maximum atomic E-state index is 10.9. The van der Waals surface area contributed by atoms with Gasteiger partial charge in [0.05, 0.1) is 11.0 Å². The van der Waals surface area contributed by atoms with Gasteiger partial charge in [0, 0.05) is 24.5 Å². The van der Waals surface area contributed by atoms with Gasteiger partial charge in [-0.1, -0.05) is 12.2 Å². The lowest BCUT2D eigenvalue weighted by Gasteiger charge is -2.16. The van der Waals surface area contributed by atoms with Crippen LogP contribution in [0.2, 0.25) is 0 Å². The predicted octanol–water partition coefficient (Wildman–Crippen LogP) is 2.72. The molecule has 0 fully saturated rings. The number of hydrogen-bond acceptors (Lipinski definition) is 5. The van der Waals surface area contributed by atoms with Gasteiger partial charge in [0.25, 0.3) is 0 Å². The average molecular weight is 256 g/mol. The van der Waals surface area contributed by atoms with Crippen molar-refractivity contribution in [1.29, 1.82) is 0 Å². The van der Waals surface area contributed by atoms with Gasteiger partial charge >= 0.3 is 5.69 Å². The lowest BCUT2D eigenvalue weighted by atomic mass is 10.3. The number of aliphatic hydroxyl groups excluding tert-OH is 1. The third kappa shape index (κ3) is 3.28. The van der Waals surface area contributed by atoms with Crippen LogP contribution in [0.5, 0.6) is 0 Å². The second kappa shape index (κ2) is 5.29. The van der Waals surface area contributed by atoms with E-state index < -0.39 is 11.0 Å². The van der Waals surface area contributed by atoms with Crippen LogP contribution in [0.25, 0.3) is 0 Å². The first kappa shape index (κ1) is 13.7. The van der Waals surface area contributed by atoms with Crippen molar-refractivity contribution in [1.82, 2.24) is 0 Å². The minimum atomic E-state index is -0.689. The van der Waals surface area contributed by atoms with E-state index in [9.17, 15) is 15.2 Å². The number of thiophene rings is 1. The normalized spacial score (nSPS) is 12.2. The van der Waals surface area contributed by atoms with Crippen molar-refractivity contribution in [2.45, 2.75) is 20.0 Å². The first-order valence-corrected chi connectivity index (χ1v) is 5.96. The summed E-state index contributed by atoms with van der Waals surface area (Å²) in [5.74, 6) is 0. The minimum absolute atomic E-state index is 0.0367. The van der Waals surface area contributed by atoms with Crippen molar-refractivity contribution in [3.05, 3.63) is 33.2 Å². The molecule has 1 atom stereocenters. The standard InChI is InChI=1S/C11H16N2O3S/c1-7(2)6-12(4)11-9(13(15)16)5-10(17-11)8(3)14/h5,8,14H,1,6H2,2-4H3/t8-/m1/s1. The first-order valence-electron chi connectivity index (χ1n) is 5.14. The van der Waals surface area contributed by atoms with Crippen LogP contribution in [0, 0.1) is 10.1 Å². The van der Waals surface area contributed by atoms with E-state index in [0.717, 1.165) is 5.57 Å². The first-order chi connectivity index (χ1) is 7.82. The summed E-state index contributed by atoms with van der Waals surface area (Å²) < 4.78 is 0. The van der Waals surface area contributed by atoms with Gasteiger partial charge in [-0.15, -0.1) is 11.3 Å². The van der Waals surface area contributed by atoms with Crippen molar-refractivity contribution < 1.29 is 10.0 Å². The summed E-state index contributed by atoms with van der Waals surface area (Å²) in [5, 5.41) is 20.9. The summed E-state index contributed by atoms with van der Waals surface area (Å²) in [4.78, 5) is 12.9. The molecule has 94 valence electrons. The molecule has 6 heteroatoms. The quantitative estimate of drug-likeness (QED) is 0.499. The highest BCUT2D eigenvalue weighted by Crippen LogP contribution is 2.39. The molecule has 0 aliphatic carbocycles. The summed E-state index contributed by atoms with van der Waals surface area (Å²) in [6, 6.07) is 1.43. The zero-order valence-corrected chi connectivity index (χ0v) is 11.0. The third-order valence-electron chi connectivity index (χ3n) is 2.17. The van der Waals surface area contributed by atoms with Gasteiger partial charge in [-0.05, 0) is 13.8 Å². The number of hydrogen-bond donors (Lipinski definition) is 1. The van der Waals surface area contributed by atoms with Crippen LogP contribution in [-0.4, -0.2) is 23.6 Å². The topological polar surface area (TPSA) is 66.6 Å². The zero-order chi connectivity index (χ0) is 13.2. The smallest absolute Gasteiger partial charge is 0.304 e. The summed E-state index contributed by atoms with van der Waals surface area (Å²) in [7, 11) is 1.78. The Balaban J connectivity index is 3.11. The zero-order valence-electron chi connectivity index (χ0n) is 10.1. The van der Waals surface area contributed by atoms with Crippen molar-refractivity contribution in [3.8, 4) is 0 Å². The summed E-state index contributed by atoms with van der Waals surface area (Å²) >= 11 is 1.24. The molecule has 0 amide bonds. The fourth-order valence-corrected chi connectivity index (χ4v) is 2.50. The van der Waals surface area contributed by atoms with Crippen LogP contribution in [0.3, 0.4) is 0 Å².